The molecule has 4 rings (SSSR count). The maximum absolute atomic E-state index is 12.2. The molecule has 1 aromatic heterocycles. The maximum Gasteiger partial charge on any atom is 0.180 e. The van der Waals surface area contributed by atoms with Gasteiger partial charge in [-0.1, -0.05) is 6.07 Å². The summed E-state index contributed by atoms with van der Waals surface area (Å²) in [6.45, 7) is 1.87. The molecule has 106 valence electrons. The summed E-state index contributed by atoms with van der Waals surface area (Å²) in [5.41, 5.74) is 3.44. The lowest BCUT2D eigenvalue weighted by Gasteiger charge is -2.37. The molecule has 0 amide bonds. The summed E-state index contributed by atoms with van der Waals surface area (Å²) >= 11 is 0. The molecule has 0 bridgehead atoms. The Kier molecular flexibility index (Phi) is 2.65. The number of rotatable bonds is 1. The fourth-order valence-electron chi connectivity index (χ4n) is 3.61. The third-order valence-corrected chi connectivity index (χ3v) is 5.19. The number of carbonyl (C=O) groups is 1. The Morgan fingerprint density at radius 1 is 1.24 bits per heavy atom. The lowest BCUT2D eigenvalue weighted by Crippen LogP contribution is -2.36. The van der Waals surface area contributed by atoms with Gasteiger partial charge < -0.3 is 4.90 Å². The Morgan fingerprint density at radius 3 is 2.67 bits per heavy atom. The normalized spacial score (nSPS) is 23.0. The number of allylic oxidation sites excluding steroid dienone is 1. The molecule has 0 aromatic carbocycles. The minimum atomic E-state index is -0.0697. The molecule has 1 saturated carbocycles. The van der Waals surface area contributed by atoms with E-state index in [4.69, 9.17) is 0 Å². The van der Waals surface area contributed by atoms with Crippen molar-refractivity contribution >= 4 is 11.5 Å². The smallest absolute Gasteiger partial charge is 0.180 e. The molecule has 2 aliphatic carbocycles. The van der Waals surface area contributed by atoms with Crippen molar-refractivity contribution in [1.29, 1.82) is 5.26 Å². The number of fused-ring (bicyclic) bond motifs is 1. The third-order valence-electron chi connectivity index (χ3n) is 5.19. The number of aromatic nitrogens is 1. The van der Waals surface area contributed by atoms with Crippen LogP contribution < -0.4 is 0 Å². The van der Waals surface area contributed by atoms with Crippen LogP contribution in [0, 0.1) is 16.7 Å². The Morgan fingerprint density at radius 2 is 2.00 bits per heavy atom. The molecule has 4 nitrogen and oxygen atoms in total. The molecule has 21 heavy (non-hydrogen) atoms. The van der Waals surface area contributed by atoms with E-state index in [-0.39, 0.29) is 5.78 Å². The summed E-state index contributed by atoms with van der Waals surface area (Å²) in [5.74, 6) is -0.0697. The number of ketones is 1. The first-order valence-corrected chi connectivity index (χ1v) is 7.59. The van der Waals surface area contributed by atoms with Gasteiger partial charge in [0.2, 0.25) is 0 Å². The highest BCUT2D eigenvalue weighted by Gasteiger charge is 2.45. The minimum absolute atomic E-state index is 0.0697. The van der Waals surface area contributed by atoms with Gasteiger partial charge in [-0.3, -0.25) is 9.78 Å². The van der Waals surface area contributed by atoms with Crippen LogP contribution in [0.4, 0.5) is 0 Å². The van der Waals surface area contributed by atoms with Crippen LogP contribution in [0.25, 0.3) is 5.70 Å². The van der Waals surface area contributed by atoms with Gasteiger partial charge in [0.05, 0.1) is 11.4 Å². The van der Waals surface area contributed by atoms with Gasteiger partial charge in [0, 0.05) is 25.7 Å². The number of carbonyl (C=O) groups excluding carboxylic acids is 1. The van der Waals surface area contributed by atoms with Crippen LogP contribution >= 0.6 is 0 Å². The predicted molar refractivity (Wildman–Crippen MR) is 78.0 cm³/mol. The molecule has 2 fully saturated rings. The first-order valence-electron chi connectivity index (χ1n) is 7.59. The second-order valence-corrected chi connectivity index (χ2v) is 6.43. The quantitative estimate of drug-likeness (QED) is 0.791. The van der Waals surface area contributed by atoms with Crippen LogP contribution in [0.3, 0.4) is 0 Å². The van der Waals surface area contributed by atoms with Crippen LogP contribution in [0.5, 0.6) is 0 Å². The molecule has 0 radical (unpaired) electrons. The molecule has 1 aromatic rings. The number of nitrogens with zero attached hydrogens (tertiary/aromatic N) is 3. The molecule has 1 aliphatic heterocycles. The summed E-state index contributed by atoms with van der Waals surface area (Å²) in [4.78, 5) is 18.9. The molecule has 4 heteroatoms. The topological polar surface area (TPSA) is 57.0 Å². The Bertz CT molecular complexity index is 684. The summed E-state index contributed by atoms with van der Waals surface area (Å²) < 4.78 is 0. The molecule has 1 saturated heterocycles. The van der Waals surface area contributed by atoms with Crippen molar-refractivity contribution in [2.45, 2.75) is 32.1 Å². The first kappa shape index (κ1) is 12.6. The molecule has 0 N–H and O–H groups in total. The number of hydrogen-bond acceptors (Lipinski definition) is 4. The molecule has 1 spiro atoms. The summed E-state index contributed by atoms with van der Waals surface area (Å²) in [5, 5.41) is 9.42. The van der Waals surface area contributed by atoms with Crippen molar-refractivity contribution in [3.05, 3.63) is 35.2 Å². The highest BCUT2D eigenvalue weighted by Crippen LogP contribution is 2.54. The van der Waals surface area contributed by atoms with E-state index in [1.54, 1.807) is 6.20 Å². The second-order valence-electron chi connectivity index (χ2n) is 6.43. The Hall–Kier alpha value is -2.15. The summed E-state index contributed by atoms with van der Waals surface area (Å²) in [7, 11) is 0. The van der Waals surface area contributed by atoms with Crippen LogP contribution in [-0.4, -0.2) is 28.8 Å². The number of likely N-dealkylation sites (tertiary alicyclic amines) is 1. The lowest BCUT2D eigenvalue weighted by molar-refractivity contribution is -0.114. The highest BCUT2D eigenvalue weighted by atomic mass is 16.1. The van der Waals surface area contributed by atoms with Crippen LogP contribution in [0.15, 0.2) is 23.9 Å². The second kappa shape index (κ2) is 4.42. The van der Waals surface area contributed by atoms with Crippen molar-refractivity contribution in [3.8, 4) is 6.07 Å². The van der Waals surface area contributed by atoms with Gasteiger partial charge >= 0.3 is 0 Å². The fourth-order valence-corrected chi connectivity index (χ4v) is 3.61. The van der Waals surface area contributed by atoms with E-state index in [0.29, 0.717) is 17.4 Å². The van der Waals surface area contributed by atoms with Crippen LogP contribution in [-0.2, 0) is 11.2 Å². The largest absolute Gasteiger partial charge is 0.369 e. The molecular weight excluding hydrogens is 262 g/mol. The molecular formula is C17H17N3O. The van der Waals surface area contributed by atoms with Crippen molar-refractivity contribution in [3.63, 3.8) is 0 Å². The highest BCUT2D eigenvalue weighted by molar-refractivity contribution is 6.09. The number of nitriles is 1. The number of piperidine rings is 1. The van der Waals surface area contributed by atoms with E-state index in [1.165, 1.54) is 25.7 Å². The average Bonchev–Trinajstić information content (AvgIpc) is 3.26. The van der Waals surface area contributed by atoms with Gasteiger partial charge in [0.15, 0.2) is 5.78 Å². The van der Waals surface area contributed by atoms with Crippen LogP contribution in [0.2, 0.25) is 0 Å². The zero-order valence-electron chi connectivity index (χ0n) is 11.9. The Labute approximate surface area is 124 Å². The minimum Gasteiger partial charge on any atom is -0.369 e. The van der Waals surface area contributed by atoms with Crippen molar-refractivity contribution in [1.82, 2.24) is 9.88 Å². The first-order chi connectivity index (χ1) is 10.2. The van der Waals surface area contributed by atoms with E-state index in [1.807, 2.05) is 12.1 Å². The van der Waals surface area contributed by atoms with E-state index < -0.39 is 0 Å². The monoisotopic (exact) mass is 279 g/mol. The summed E-state index contributed by atoms with van der Waals surface area (Å²) in [6, 6.07) is 5.93. The van der Waals surface area contributed by atoms with Crippen molar-refractivity contribution < 1.29 is 4.79 Å². The standard InChI is InChI=1S/C17H17N3O/c18-11-13-14(21)10-12-2-1-7-19-15(12)16(13)20-8-5-17(3-4-17)6-9-20/h1-2,7H,3-6,8-10H2. The van der Waals surface area contributed by atoms with Gasteiger partial charge in [0.25, 0.3) is 0 Å². The van der Waals surface area contributed by atoms with E-state index >= 15 is 0 Å². The van der Waals surface area contributed by atoms with E-state index in [0.717, 1.165) is 30.0 Å². The average molecular weight is 279 g/mol. The number of hydrogen-bond donors (Lipinski definition) is 0. The SMILES string of the molecule is N#CC1=C(N2CCC3(CC2)CC3)c2ncccc2CC1=O. The molecule has 0 unspecified atom stereocenters. The van der Waals surface area contributed by atoms with E-state index in [9.17, 15) is 10.1 Å². The van der Waals surface area contributed by atoms with Gasteiger partial charge in [-0.05, 0) is 42.7 Å². The molecule has 2 heterocycles. The fraction of sp³-hybridized carbons (Fsp3) is 0.471. The van der Waals surface area contributed by atoms with Gasteiger partial charge in [-0.25, -0.2) is 0 Å². The third kappa shape index (κ3) is 1.96. The number of pyridine rings is 1. The zero-order chi connectivity index (χ0) is 14.4. The van der Waals surface area contributed by atoms with Gasteiger partial charge in [0.1, 0.15) is 11.6 Å². The lowest BCUT2D eigenvalue weighted by atomic mass is 9.88. The molecule has 3 aliphatic rings. The number of Topliss-reactive ketones (excluding diaryl/α,β-unsaturated/α-hetero) is 1. The van der Waals surface area contributed by atoms with Gasteiger partial charge in [-0.2, -0.15) is 5.26 Å². The predicted octanol–water partition coefficient (Wildman–Crippen LogP) is 2.32. The van der Waals surface area contributed by atoms with Crippen molar-refractivity contribution in [2.24, 2.45) is 5.41 Å². The maximum atomic E-state index is 12.2. The Balaban J connectivity index is 1.76. The summed E-state index contributed by atoms with van der Waals surface area (Å²) in [6.07, 6.45) is 7.08. The zero-order valence-corrected chi connectivity index (χ0v) is 11.9. The van der Waals surface area contributed by atoms with E-state index in [2.05, 4.69) is 16.0 Å². The van der Waals surface area contributed by atoms with Crippen molar-refractivity contribution in [2.75, 3.05) is 13.1 Å². The molecule has 0 atom stereocenters. The van der Waals surface area contributed by atoms with Gasteiger partial charge in [-0.15, -0.1) is 0 Å². The van der Waals surface area contributed by atoms with Crippen LogP contribution in [0.1, 0.15) is 36.9 Å².